The maximum absolute atomic E-state index is 6.39. The molecule has 34 heavy (non-hydrogen) atoms. The molecule has 0 N–H and O–H groups in total. The third-order valence-corrected chi connectivity index (χ3v) is 6.84. The van der Waals surface area contributed by atoms with Crippen LogP contribution in [0.1, 0.15) is 69.3 Å². The minimum absolute atomic E-state index is 0.137. The van der Waals surface area contributed by atoms with Crippen LogP contribution in [0, 0.1) is 0 Å². The molecule has 1 fully saturated rings. The zero-order valence-electron chi connectivity index (χ0n) is 19.2. The average molecular weight is 480 g/mol. The first-order valence-electron chi connectivity index (χ1n) is 11.8. The van der Waals surface area contributed by atoms with Gasteiger partial charge in [-0.15, -0.1) is 10.2 Å². The topological polar surface area (TPSA) is 96.7 Å². The first kappa shape index (κ1) is 21.5. The molecule has 1 saturated carbocycles. The molecule has 176 valence electrons. The van der Waals surface area contributed by atoms with Crippen LogP contribution in [-0.2, 0) is 17.9 Å². The Labute approximate surface area is 202 Å². The first-order chi connectivity index (χ1) is 16.6. The summed E-state index contributed by atoms with van der Waals surface area (Å²) in [5.41, 5.74) is 3.42. The number of hydrogen-bond donors (Lipinski definition) is 0. The Morgan fingerprint density at radius 1 is 1.18 bits per heavy atom. The molecule has 6 rings (SSSR count). The second kappa shape index (κ2) is 8.63. The Balaban J connectivity index is 1.43. The summed E-state index contributed by atoms with van der Waals surface area (Å²) >= 11 is 6.39. The second-order valence-electron chi connectivity index (χ2n) is 9.28. The fourth-order valence-electron chi connectivity index (χ4n) is 4.76. The summed E-state index contributed by atoms with van der Waals surface area (Å²) in [5, 5.41) is 13.9. The van der Waals surface area contributed by atoms with Crippen molar-refractivity contribution in [3.05, 3.63) is 47.0 Å². The summed E-state index contributed by atoms with van der Waals surface area (Å²) in [4.78, 5) is 9.25. The number of aromatic nitrogens is 7. The standard InChI is InChI=1S/C24H26ClN7O2/c1-14(2)24-27-22(30-34-24)21-19-11-31-20(12-33-16-6-4-3-5-7-16)28-29-23(31)17-10-15(25)8-9-18(17)32(19)13-26-21/h8-10,13-14,16H,3-7,11-12H2,1-2H3. The molecule has 4 aromatic rings. The van der Waals surface area contributed by atoms with E-state index in [1.165, 1.54) is 19.3 Å². The van der Waals surface area contributed by atoms with E-state index < -0.39 is 0 Å². The van der Waals surface area contributed by atoms with Crippen molar-refractivity contribution in [2.24, 2.45) is 0 Å². The van der Waals surface area contributed by atoms with Gasteiger partial charge in [0, 0.05) is 16.5 Å². The van der Waals surface area contributed by atoms with E-state index >= 15 is 0 Å². The predicted molar refractivity (Wildman–Crippen MR) is 126 cm³/mol. The average Bonchev–Trinajstić information content (AvgIpc) is 3.56. The van der Waals surface area contributed by atoms with Crippen LogP contribution < -0.4 is 0 Å². The fourth-order valence-corrected chi connectivity index (χ4v) is 4.94. The molecular weight excluding hydrogens is 454 g/mol. The number of nitrogens with zero attached hydrogens (tertiary/aromatic N) is 7. The molecule has 2 aliphatic rings. The highest BCUT2D eigenvalue weighted by Crippen LogP contribution is 2.36. The van der Waals surface area contributed by atoms with Gasteiger partial charge in [-0.05, 0) is 31.0 Å². The Bertz CT molecular complexity index is 1330. The summed E-state index contributed by atoms with van der Waals surface area (Å²) in [5.74, 6) is 2.74. The maximum Gasteiger partial charge on any atom is 0.229 e. The van der Waals surface area contributed by atoms with Gasteiger partial charge >= 0.3 is 0 Å². The molecule has 0 saturated heterocycles. The molecule has 0 spiro atoms. The van der Waals surface area contributed by atoms with Gasteiger partial charge in [0.25, 0.3) is 0 Å². The lowest BCUT2D eigenvalue weighted by atomic mass is 9.98. The van der Waals surface area contributed by atoms with Gasteiger partial charge in [0.2, 0.25) is 11.7 Å². The lowest BCUT2D eigenvalue weighted by Crippen LogP contribution is -2.18. The van der Waals surface area contributed by atoms with Gasteiger partial charge in [-0.1, -0.05) is 49.9 Å². The van der Waals surface area contributed by atoms with Crippen molar-refractivity contribution < 1.29 is 9.26 Å². The lowest BCUT2D eigenvalue weighted by molar-refractivity contribution is 0.0122. The van der Waals surface area contributed by atoms with Gasteiger partial charge in [0.05, 0.1) is 24.0 Å². The number of fused-ring (bicyclic) bond motifs is 5. The fraction of sp³-hybridized carbons (Fsp3) is 0.458. The van der Waals surface area contributed by atoms with Gasteiger partial charge in [0.1, 0.15) is 18.6 Å². The van der Waals surface area contributed by atoms with Crippen LogP contribution in [0.2, 0.25) is 5.02 Å². The molecule has 10 heteroatoms. The highest BCUT2D eigenvalue weighted by Gasteiger charge is 2.28. The SMILES string of the molecule is CC(C)c1nc(-c2ncn3c2Cn2c(COC4CCCCC4)nnc2-c2cc(Cl)ccc2-3)no1. The molecule has 0 atom stereocenters. The molecule has 9 nitrogen and oxygen atoms in total. The number of halogens is 1. The molecule has 0 unspecified atom stereocenters. The van der Waals surface area contributed by atoms with Crippen LogP contribution in [0.4, 0.5) is 0 Å². The number of benzene rings is 1. The molecule has 4 heterocycles. The summed E-state index contributed by atoms with van der Waals surface area (Å²) in [6.45, 7) is 4.95. The monoisotopic (exact) mass is 479 g/mol. The van der Waals surface area contributed by atoms with Crippen LogP contribution in [0.15, 0.2) is 29.0 Å². The van der Waals surface area contributed by atoms with Crippen molar-refractivity contribution in [1.29, 1.82) is 0 Å². The van der Waals surface area contributed by atoms with Gasteiger partial charge in [-0.2, -0.15) is 4.98 Å². The number of rotatable bonds is 5. The van der Waals surface area contributed by atoms with Gasteiger partial charge in [-0.25, -0.2) is 4.98 Å². The van der Waals surface area contributed by atoms with Crippen molar-refractivity contribution in [2.75, 3.05) is 0 Å². The van der Waals surface area contributed by atoms with E-state index in [-0.39, 0.29) is 12.0 Å². The normalized spacial score (nSPS) is 15.8. The Morgan fingerprint density at radius 2 is 2.03 bits per heavy atom. The Morgan fingerprint density at radius 3 is 2.82 bits per heavy atom. The molecule has 3 aromatic heterocycles. The van der Waals surface area contributed by atoms with Crippen LogP contribution in [0.25, 0.3) is 28.6 Å². The van der Waals surface area contributed by atoms with E-state index in [0.717, 1.165) is 41.4 Å². The van der Waals surface area contributed by atoms with E-state index in [4.69, 9.17) is 20.9 Å². The Hall–Kier alpha value is -3.04. The number of imidazole rings is 1. The third kappa shape index (κ3) is 3.73. The van der Waals surface area contributed by atoms with Crippen molar-refractivity contribution in [2.45, 2.75) is 71.1 Å². The summed E-state index contributed by atoms with van der Waals surface area (Å²) in [6, 6.07) is 5.77. The second-order valence-corrected chi connectivity index (χ2v) is 9.72. The highest BCUT2D eigenvalue weighted by molar-refractivity contribution is 6.31. The smallest absolute Gasteiger partial charge is 0.229 e. The van der Waals surface area contributed by atoms with E-state index in [2.05, 4.69) is 29.9 Å². The molecule has 0 radical (unpaired) electrons. The molecule has 0 bridgehead atoms. The molecule has 1 aromatic carbocycles. The van der Waals surface area contributed by atoms with E-state index in [1.54, 1.807) is 6.33 Å². The zero-order chi connectivity index (χ0) is 23.2. The minimum Gasteiger partial charge on any atom is -0.370 e. The molecular formula is C24H26ClN7O2. The predicted octanol–water partition coefficient (Wildman–Crippen LogP) is 5.17. The zero-order valence-corrected chi connectivity index (χ0v) is 20.0. The van der Waals surface area contributed by atoms with Gasteiger partial charge in [0.15, 0.2) is 11.6 Å². The van der Waals surface area contributed by atoms with Gasteiger partial charge < -0.3 is 13.8 Å². The first-order valence-corrected chi connectivity index (χ1v) is 12.2. The van der Waals surface area contributed by atoms with E-state index in [9.17, 15) is 0 Å². The van der Waals surface area contributed by atoms with Crippen molar-refractivity contribution in [3.63, 3.8) is 0 Å². The minimum atomic E-state index is 0.137. The van der Waals surface area contributed by atoms with Gasteiger partial charge in [-0.3, -0.25) is 4.57 Å². The third-order valence-electron chi connectivity index (χ3n) is 6.61. The van der Waals surface area contributed by atoms with E-state index in [0.29, 0.717) is 35.6 Å². The molecule has 0 amide bonds. The van der Waals surface area contributed by atoms with Crippen molar-refractivity contribution in [3.8, 4) is 28.6 Å². The van der Waals surface area contributed by atoms with Crippen LogP contribution >= 0.6 is 11.6 Å². The lowest BCUT2D eigenvalue weighted by Gasteiger charge is -2.21. The van der Waals surface area contributed by atoms with Crippen molar-refractivity contribution in [1.82, 2.24) is 34.5 Å². The van der Waals surface area contributed by atoms with E-state index in [1.807, 2.05) is 36.6 Å². The number of ether oxygens (including phenoxy) is 1. The summed E-state index contributed by atoms with van der Waals surface area (Å²) in [7, 11) is 0. The van der Waals surface area contributed by atoms with Crippen LogP contribution in [-0.4, -0.2) is 40.6 Å². The largest absolute Gasteiger partial charge is 0.370 e. The quantitative estimate of drug-likeness (QED) is 0.343. The maximum atomic E-state index is 6.39. The summed E-state index contributed by atoms with van der Waals surface area (Å²) in [6.07, 6.45) is 8.02. The number of hydrogen-bond acceptors (Lipinski definition) is 7. The Kier molecular flexibility index (Phi) is 5.45. The van der Waals surface area contributed by atoms with Crippen molar-refractivity contribution >= 4 is 11.6 Å². The van der Waals surface area contributed by atoms with Crippen LogP contribution in [0.5, 0.6) is 0 Å². The molecule has 1 aliphatic heterocycles. The molecule has 1 aliphatic carbocycles. The van der Waals surface area contributed by atoms with Crippen LogP contribution in [0.3, 0.4) is 0 Å². The highest BCUT2D eigenvalue weighted by atomic mass is 35.5. The summed E-state index contributed by atoms with van der Waals surface area (Å²) < 4.78 is 15.8.